The van der Waals surface area contributed by atoms with Crippen molar-refractivity contribution >= 4 is 5.97 Å². The van der Waals surface area contributed by atoms with Crippen LogP contribution in [0.25, 0.3) is 11.1 Å². The van der Waals surface area contributed by atoms with Gasteiger partial charge in [0.05, 0.1) is 19.8 Å². The van der Waals surface area contributed by atoms with Crippen LogP contribution >= 0.6 is 0 Å². The van der Waals surface area contributed by atoms with E-state index in [0.29, 0.717) is 16.9 Å². The molecule has 0 amide bonds. The number of halogens is 3. The average Bonchev–Trinajstić information content (AvgIpc) is 2.51. The summed E-state index contributed by atoms with van der Waals surface area (Å²) < 4.78 is 50.9. The molecule has 0 spiro atoms. The molecule has 0 saturated heterocycles. The maximum absolute atomic E-state index is 12.4. The third-order valence-corrected chi connectivity index (χ3v) is 3.01. The van der Waals surface area contributed by atoms with Crippen LogP contribution in [-0.2, 0) is 4.74 Å². The van der Waals surface area contributed by atoms with E-state index in [-0.39, 0.29) is 5.56 Å². The van der Waals surface area contributed by atoms with Crippen LogP contribution in [0.3, 0.4) is 0 Å². The zero-order chi connectivity index (χ0) is 17.0. The van der Waals surface area contributed by atoms with Gasteiger partial charge in [0.2, 0.25) is 0 Å². The summed E-state index contributed by atoms with van der Waals surface area (Å²) in [5, 5.41) is 0. The molecule has 0 aliphatic heterocycles. The third kappa shape index (κ3) is 3.94. The second-order valence-corrected chi connectivity index (χ2v) is 4.45. The van der Waals surface area contributed by atoms with Crippen molar-refractivity contribution in [3.05, 3.63) is 48.0 Å². The van der Waals surface area contributed by atoms with Gasteiger partial charge in [-0.15, -0.1) is 13.2 Å². The van der Waals surface area contributed by atoms with Crippen molar-refractivity contribution in [3.8, 4) is 22.6 Å². The Kier molecular flexibility index (Phi) is 4.78. The molecule has 0 aromatic heterocycles. The number of alkyl halides is 3. The fourth-order valence-electron chi connectivity index (χ4n) is 2.13. The van der Waals surface area contributed by atoms with Gasteiger partial charge in [0.25, 0.3) is 0 Å². The third-order valence-electron chi connectivity index (χ3n) is 3.01. The molecule has 0 radical (unpaired) electrons. The van der Waals surface area contributed by atoms with Crippen LogP contribution in [-0.4, -0.2) is 26.6 Å². The minimum absolute atomic E-state index is 0.177. The largest absolute Gasteiger partial charge is 0.573 e. The Labute approximate surface area is 130 Å². The minimum Gasteiger partial charge on any atom is -0.496 e. The van der Waals surface area contributed by atoms with E-state index in [0.717, 1.165) is 0 Å². The first kappa shape index (κ1) is 16.7. The lowest BCUT2D eigenvalue weighted by molar-refractivity contribution is -0.274. The summed E-state index contributed by atoms with van der Waals surface area (Å²) in [5.41, 5.74) is 0.843. The van der Waals surface area contributed by atoms with Crippen LogP contribution < -0.4 is 9.47 Å². The van der Waals surface area contributed by atoms with Crippen LogP contribution in [0.4, 0.5) is 13.2 Å². The van der Waals surface area contributed by atoms with Crippen LogP contribution in [0.2, 0.25) is 0 Å². The van der Waals surface area contributed by atoms with Gasteiger partial charge in [-0.2, -0.15) is 0 Å². The standard InChI is InChI=1S/C16H13F3O4/c1-21-13-8-4-7-12(15(20)22-2)14(13)10-5-3-6-11(9-10)23-16(17,18)19/h3-9H,1-2H3. The highest BCUT2D eigenvalue weighted by Gasteiger charge is 2.31. The molecular formula is C16H13F3O4. The lowest BCUT2D eigenvalue weighted by Crippen LogP contribution is -2.17. The highest BCUT2D eigenvalue weighted by atomic mass is 19.4. The first-order valence-electron chi connectivity index (χ1n) is 6.47. The maximum atomic E-state index is 12.4. The van der Waals surface area contributed by atoms with Crippen LogP contribution in [0, 0.1) is 0 Å². The number of rotatable bonds is 4. The lowest BCUT2D eigenvalue weighted by atomic mass is 9.98. The van der Waals surface area contributed by atoms with Crippen molar-refractivity contribution in [2.75, 3.05) is 14.2 Å². The molecule has 7 heteroatoms. The number of ether oxygens (including phenoxy) is 3. The van der Waals surface area contributed by atoms with E-state index in [1.807, 2.05) is 0 Å². The number of carbonyl (C=O) groups excluding carboxylic acids is 1. The Morgan fingerprint density at radius 3 is 2.35 bits per heavy atom. The molecule has 0 fully saturated rings. The summed E-state index contributed by atoms with van der Waals surface area (Å²) >= 11 is 0. The Hall–Kier alpha value is -2.70. The van der Waals surface area contributed by atoms with E-state index in [9.17, 15) is 18.0 Å². The van der Waals surface area contributed by atoms with Gasteiger partial charge in [-0.3, -0.25) is 0 Å². The molecule has 0 saturated carbocycles. The van der Waals surface area contributed by atoms with Gasteiger partial charge < -0.3 is 14.2 Å². The van der Waals surface area contributed by atoms with Gasteiger partial charge in [-0.25, -0.2) is 4.79 Å². The van der Waals surface area contributed by atoms with E-state index in [4.69, 9.17) is 9.47 Å². The monoisotopic (exact) mass is 326 g/mol. The predicted octanol–water partition coefficient (Wildman–Crippen LogP) is 4.05. The Morgan fingerprint density at radius 2 is 1.74 bits per heavy atom. The van der Waals surface area contributed by atoms with Crippen LogP contribution in [0.1, 0.15) is 10.4 Å². The molecule has 122 valence electrons. The van der Waals surface area contributed by atoms with E-state index in [2.05, 4.69) is 4.74 Å². The van der Waals surface area contributed by atoms with Gasteiger partial charge in [0.1, 0.15) is 11.5 Å². The molecule has 0 aliphatic carbocycles. The molecular weight excluding hydrogens is 313 g/mol. The number of esters is 1. The molecule has 0 aliphatic rings. The van der Waals surface area contributed by atoms with Crippen molar-refractivity contribution in [2.45, 2.75) is 6.36 Å². The molecule has 4 nitrogen and oxygen atoms in total. The van der Waals surface area contributed by atoms with Crippen LogP contribution in [0.5, 0.6) is 11.5 Å². The van der Waals surface area contributed by atoms with Gasteiger partial charge in [0, 0.05) is 5.56 Å². The van der Waals surface area contributed by atoms with Crippen molar-refractivity contribution in [1.82, 2.24) is 0 Å². The smallest absolute Gasteiger partial charge is 0.496 e. The van der Waals surface area contributed by atoms with Gasteiger partial charge in [-0.1, -0.05) is 18.2 Å². The number of hydrogen-bond acceptors (Lipinski definition) is 4. The van der Waals surface area contributed by atoms with Gasteiger partial charge in [0.15, 0.2) is 0 Å². The second-order valence-electron chi connectivity index (χ2n) is 4.45. The van der Waals surface area contributed by atoms with Crippen molar-refractivity contribution in [2.24, 2.45) is 0 Å². The van der Waals surface area contributed by atoms with Crippen molar-refractivity contribution in [1.29, 1.82) is 0 Å². The number of benzene rings is 2. The fourth-order valence-corrected chi connectivity index (χ4v) is 2.13. The Balaban J connectivity index is 2.57. The zero-order valence-corrected chi connectivity index (χ0v) is 12.3. The molecule has 2 aromatic carbocycles. The van der Waals surface area contributed by atoms with E-state index in [1.54, 1.807) is 18.2 Å². The predicted molar refractivity (Wildman–Crippen MR) is 76.5 cm³/mol. The normalized spacial score (nSPS) is 11.0. The first-order chi connectivity index (χ1) is 10.9. The number of methoxy groups -OCH3 is 2. The molecule has 0 unspecified atom stereocenters. The molecule has 2 rings (SSSR count). The highest BCUT2D eigenvalue weighted by molar-refractivity contribution is 5.99. The Bertz CT molecular complexity index is 711. The molecule has 0 bridgehead atoms. The fraction of sp³-hybridized carbons (Fsp3) is 0.188. The van der Waals surface area contributed by atoms with E-state index < -0.39 is 18.1 Å². The quantitative estimate of drug-likeness (QED) is 0.795. The summed E-state index contributed by atoms with van der Waals surface area (Å²) in [6, 6.07) is 9.98. The minimum atomic E-state index is -4.80. The summed E-state index contributed by atoms with van der Waals surface area (Å²) in [6.07, 6.45) is -4.80. The topological polar surface area (TPSA) is 44.8 Å². The zero-order valence-electron chi connectivity index (χ0n) is 12.3. The van der Waals surface area contributed by atoms with Crippen molar-refractivity contribution < 1.29 is 32.2 Å². The lowest BCUT2D eigenvalue weighted by Gasteiger charge is -2.14. The summed E-state index contributed by atoms with van der Waals surface area (Å²) in [6.45, 7) is 0. The van der Waals surface area contributed by atoms with Gasteiger partial charge >= 0.3 is 12.3 Å². The summed E-state index contributed by atoms with van der Waals surface area (Å²) in [7, 11) is 2.62. The molecule has 23 heavy (non-hydrogen) atoms. The average molecular weight is 326 g/mol. The SMILES string of the molecule is COC(=O)c1cccc(OC)c1-c1cccc(OC(F)(F)F)c1. The summed E-state index contributed by atoms with van der Waals surface area (Å²) in [4.78, 5) is 11.9. The van der Waals surface area contributed by atoms with Gasteiger partial charge in [-0.05, 0) is 29.8 Å². The molecule has 0 N–H and O–H groups in total. The number of carbonyl (C=O) groups is 1. The maximum Gasteiger partial charge on any atom is 0.573 e. The molecule has 0 heterocycles. The Morgan fingerprint density at radius 1 is 1.04 bits per heavy atom. The molecule has 2 aromatic rings. The summed E-state index contributed by atoms with van der Waals surface area (Å²) in [5.74, 6) is -0.685. The highest BCUT2D eigenvalue weighted by Crippen LogP contribution is 2.36. The second kappa shape index (κ2) is 6.60. The van der Waals surface area contributed by atoms with Crippen LogP contribution in [0.15, 0.2) is 42.5 Å². The molecule has 0 atom stereocenters. The van der Waals surface area contributed by atoms with E-state index >= 15 is 0 Å². The first-order valence-corrected chi connectivity index (χ1v) is 6.47. The van der Waals surface area contributed by atoms with E-state index in [1.165, 1.54) is 38.5 Å². The number of hydrogen-bond donors (Lipinski definition) is 0. The van der Waals surface area contributed by atoms with Crippen molar-refractivity contribution in [3.63, 3.8) is 0 Å².